The van der Waals surface area contributed by atoms with Gasteiger partial charge in [-0.2, -0.15) is 0 Å². The molecule has 1 aromatic heterocycles. The number of hydrogen-bond acceptors (Lipinski definition) is 4. The summed E-state index contributed by atoms with van der Waals surface area (Å²) >= 11 is 0. The molecule has 0 aliphatic carbocycles. The van der Waals surface area contributed by atoms with E-state index in [0.29, 0.717) is 35.8 Å². The first kappa shape index (κ1) is 16.0. The van der Waals surface area contributed by atoms with Crippen LogP contribution in [0.3, 0.4) is 0 Å². The summed E-state index contributed by atoms with van der Waals surface area (Å²) in [5.74, 6) is 0.749. The molecule has 0 saturated carbocycles. The van der Waals surface area contributed by atoms with Gasteiger partial charge in [0.1, 0.15) is 5.69 Å². The molecule has 132 valence electrons. The highest BCUT2D eigenvalue weighted by Crippen LogP contribution is 2.32. The van der Waals surface area contributed by atoms with Crippen molar-refractivity contribution < 1.29 is 19.1 Å². The van der Waals surface area contributed by atoms with Crippen molar-refractivity contribution in [1.29, 1.82) is 0 Å². The Bertz CT molecular complexity index is 947. The van der Waals surface area contributed by atoms with Gasteiger partial charge in [0, 0.05) is 29.6 Å². The molecular formula is C19H17N3O4. The van der Waals surface area contributed by atoms with Gasteiger partial charge in [0.2, 0.25) is 6.79 Å². The minimum absolute atomic E-state index is 0.167. The molecule has 1 aliphatic rings. The fourth-order valence-electron chi connectivity index (χ4n) is 2.78. The van der Waals surface area contributed by atoms with Gasteiger partial charge < -0.3 is 25.1 Å². The van der Waals surface area contributed by atoms with E-state index in [4.69, 9.17) is 9.47 Å². The first-order valence-corrected chi connectivity index (χ1v) is 8.24. The maximum absolute atomic E-state index is 12.2. The van der Waals surface area contributed by atoms with Crippen molar-refractivity contribution in [1.82, 2.24) is 15.6 Å². The third-order valence-corrected chi connectivity index (χ3v) is 4.11. The minimum Gasteiger partial charge on any atom is -0.454 e. The van der Waals surface area contributed by atoms with E-state index in [1.54, 1.807) is 24.3 Å². The average molecular weight is 351 g/mol. The molecule has 0 saturated heterocycles. The summed E-state index contributed by atoms with van der Waals surface area (Å²) in [5, 5.41) is 6.52. The number of fused-ring (bicyclic) bond motifs is 2. The molecule has 0 fully saturated rings. The van der Waals surface area contributed by atoms with Crippen LogP contribution in [0.1, 0.15) is 20.8 Å². The Morgan fingerprint density at radius 1 is 0.923 bits per heavy atom. The van der Waals surface area contributed by atoms with Crippen LogP contribution in [-0.4, -0.2) is 36.7 Å². The summed E-state index contributed by atoms with van der Waals surface area (Å²) in [6.07, 6.45) is 0. The van der Waals surface area contributed by atoms with Crippen molar-refractivity contribution in [3.8, 4) is 11.5 Å². The molecular weight excluding hydrogens is 334 g/mol. The van der Waals surface area contributed by atoms with Gasteiger partial charge in [0.05, 0.1) is 0 Å². The third kappa shape index (κ3) is 3.19. The van der Waals surface area contributed by atoms with Crippen LogP contribution in [0, 0.1) is 0 Å². The van der Waals surface area contributed by atoms with E-state index in [2.05, 4.69) is 15.6 Å². The van der Waals surface area contributed by atoms with Crippen LogP contribution in [-0.2, 0) is 0 Å². The van der Waals surface area contributed by atoms with Crippen LogP contribution in [0.25, 0.3) is 10.9 Å². The highest BCUT2D eigenvalue weighted by atomic mass is 16.7. The monoisotopic (exact) mass is 351 g/mol. The van der Waals surface area contributed by atoms with Crippen LogP contribution in [0.5, 0.6) is 11.5 Å². The number of H-pyrrole nitrogens is 1. The number of nitrogens with one attached hydrogen (secondary N) is 3. The fraction of sp³-hybridized carbons (Fsp3) is 0.158. The second-order valence-electron chi connectivity index (χ2n) is 5.85. The van der Waals surface area contributed by atoms with Gasteiger partial charge >= 0.3 is 0 Å². The number of aromatic nitrogens is 1. The maximum Gasteiger partial charge on any atom is 0.267 e. The van der Waals surface area contributed by atoms with Gasteiger partial charge in [0.15, 0.2) is 11.5 Å². The lowest BCUT2D eigenvalue weighted by atomic mass is 10.2. The van der Waals surface area contributed by atoms with Gasteiger partial charge in [-0.15, -0.1) is 0 Å². The standard InChI is InChI=1S/C19H17N3O4/c23-18(13-5-6-16-17(10-13)26-11-25-16)20-7-8-21-19(24)15-9-12-3-1-2-4-14(12)22-15/h1-6,9-10,22H,7-8,11H2,(H,20,23)(H,21,24). The van der Waals surface area contributed by atoms with E-state index in [1.165, 1.54) is 0 Å². The van der Waals surface area contributed by atoms with Crippen molar-refractivity contribution >= 4 is 22.7 Å². The number of carbonyl (C=O) groups excluding carboxylic acids is 2. The lowest BCUT2D eigenvalue weighted by Crippen LogP contribution is -2.34. The molecule has 2 aromatic carbocycles. The molecule has 0 bridgehead atoms. The van der Waals surface area contributed by atoms with Gasteiger partial charge in [-0.05, 0) is 30.3 Å². The van der Waals surface area contributed by atoms with Crippen molar-refractivity contribution in [2.24, 2.45) is 0 Å². The number of amides is 2. The van der Waals surface area contributed by atoms with Gasteiger partial charge in [-0.3, -0.25) is 9.59 Å². The summed E-state index contributed by atoms with van der Waals surface area (Å²) in [7, 11) is 0. The molecule has 2 heterocycles. The molecule has 1 aliphatic heterocycles. The van der Waals surface area contributed by atoms with E-state index in [0.717, 1.165) is 10.9 Å². The lowest BCUT2D eigenvalue weighted by Gasteiger charge is -2.07. The van der Waals surface area contributed by atoms with Crippen LogP contribution in [0.2, 0.25) is 0 Å². The van der Waals surface area contributed by atoms with E-state index in [-0.39, 0.29) is 18.6 Å². The Morgan fingerprint density at radius 2 is 1.69 bits per heavy atom. The van der Waals surface area contributed by atoms with Crippen molar-refractivity contribution in [3.05, 3.63) is 59.8 Å². The third-order valence-electron chi connectivity index (χ3n) is 4.11. The van der Waals surface area contributed by atoms with Crippen molar-refractivity contribution in [2.75, 3.05) is 19.9 Å². The number of ether oxygens (including phenoxy) is 2. The van der Waals surface area contributed by atoms with Crippen LogP contribution in [0.4, 0.5) is 0 Å². The Balaban J connectivity index is 1.28. The van der Waals surface area contributed by atoms with Crippen molar-refractivity contribution in [3.63, 3.8) is 0 Å². The number of rotatable bonds is 5. The molecule has 4 rings (SSSR count). The predicted molar refractivity (Wildman–Crippen MR) is 95.5 cm³/mol. The first-order valence-electron chi connectivity index (χ1n) is 8.24. The normalized spacial score (nSPS) is 12.2. The van der Waals surface area contributed by atoms with E-state index < -0.39 is 0 Å². The lowest BCUT2D eigenvalue weighted by molar-refractivity contribution is 0.0925. The summed E-state index contributed by atoms with van der Waals surface area (Å²) in [5.41, 5.74) is 1.89. The fourth-order valence-corrected chi connectivity index (χ4v) is 2.78. The topological polar surface area (TPSA) is 92.5 Å². The van der Waals surface area contributed by atoms with Gasteiger partial charge in [-0.25, -0.2) is 0 Å². The molecule has 0 spiro atoms. The summed E-state index contributed by atoms with van der Waals surface area (Å²) in [6, 6.07) is 14.5. The molecule has 7 nitrogen and oxygen atoms in total. The van der Waals surface area contributed by atoms with Crippen LogP contribution in [0.15, 0.2) is 48.5 Å². The number of benzene rings is 2. The van der Waals surface area contributed by atoms with E-state index in [9.17, 15) is 9.59 Å². The molecule has 3 N–H and O–H groups in total. The Labute approximate surface area is 149 Å². The van der Waals surface area contributed by atoms with Crippen LogP contribution < -0.4 is 20.1 Å². The second kappa shape index (κ2) is 6.79. The molecule has 0 radical (unpaired) electrons. The molecule has 3 aromatic rings. The van der Waals surface area contributed by atoms with Crippen LogP contribution >= 0.6 is 0 Å². The van der Waals surface area contributed by atoms with Crippen molar-refractivity contribution in [2.45, 2.75) is 0 Å². The molecule has 7 heteroatoms. The zero-order valence-electron chi connectivity index (χ0n) is 13.9. The smallest absolute Gasteiger partial charge is 0.267 e. The highest BCUT2D eigenvalue weighted by molar-refractivity contribution is 5.98. The zero-order chi connectivity index (χ0) is 17.9. The Morgan fingerprint density at radius 3 is 2.54 bits per heavy atom. The van der Waals surface area contributed by atoms with Gasteiger partial charge in [-0.1, -0.05) is 18.2 Å². The molecule has 0 atom stereocenters. The first-order chi connectivity index (χ1) is 12.7. The Kier molecular flexibility index (Phi) is 4.18. The summed E-state index contributed by atoms with van der Waals surface area (Å²) in [4.78, 5) is 27.4. The largest absolute Gasteiger partial charge is 0.454 e. The summed E-state index contributed by atoms with van der Waals surface area (Å²) in [6.45, 7) is 0.809. The molecule has 2 amide bonds. The quantitative estimate of drug-likeness (QED) is 0.614. The van der Waals surface area contributed by atoms with E-state index in [1.807, 2.05) is 24.3 Å². The maximum atomic E-state index is 12.2. The van der Waals surface area contributed by atoms with E-state index >= 15 is 0 Å². The number of hydrogen-bond donors (Lipinski definition) is 3. The zero-order valence-corrected chi connectivity index (χ0v) is 13.9. The average Bonchev–Trinajstić information content (AvgIpc) is 3.30. The molecule has 0 unspecified atom stereocenters. The molecule has 26 heavy (non-hydrogen) atoms. The minimum atomic E-state index is -0.233. The SMILES string of the molecule is O=C(NCCNC(=O)c1cc2ccccc2[nH]1)c1ccc2c(c1)OCO2. The Hall–Kier alpha value is -3.48. The second-order valence-corrected chi connectivity index (χ2v) is 5.85. The summed E-state index contributed by atoms with van der Waals surface area (Å²) < 4.78 is 10.5. The predicted octanol–water partition coefficient (Wildman–Crippen LogP) is 2.06. The highest BCUT2D eigenvalue weighted by Gasteiger charge is 2.16. The number of carbonyl (C=O) groups is 2. The number of aromatic amines is 1. The van der Waals surface area contributed by atoms with Gasteiger partial charge in [0.25, 0.3) is 11.8 Å². The number of para-hydroxylation sites is 1.